The fourth-order valence-electron chi connectivity index (χ4n) is 1.37. The maximum Gasteiger partial charge on any atom is 0.0492 e. The highest BCUT2D eigenvalue weighted by atomic mass is 16.3. The number of aromatic nitrogens is 2. The van der Waals surface area contributed by atoms with Crippen LogP contribution in [0.1, 0.15) is 25.5 Å². The fourth-order valence-corrected chi connectivity index (χ4v) is 1.37. The Labute approximate surface area is 79.4 Å². The molecule has 0 radical (unpaired) electrons. The summed E-state index contributed by atoms with van der Waals surface area (Å²) in [6.45, 7) is 2.37. The molecule has 0 saturated heterocycles. The molecule has 1 aromatic rings. The van der Waals surface area contributed by atoms with Crippen LogP contribution < -0.4 is 0 Å². The van der Waals surface area contributed by atoms with Crippen LogP contribution in [0.5, 0.6) is 0 Å². The largest absolute Gasteiger partial charge is 0.396 e. The Balaban J connectivity index is 2.24. The van der Waals surface area contributed by atoms with Crippen molar-refractivity contribution in [2.45, 2.75) is 26.2 Å². The molecule has 0 fully saturated rings. The quantitative estimate of drug-likeness (QED) is 0.747. The second-order valence-electron chi connectivity index (χ2n) is 3.63. The van der Waals surface area contributed by atoms with Gasteiger partial charge in [-0.3, -0.25) is 4.68 Å². The molecule has 1 rings (SSSR count). The van der Waals surface area contributed by atoms with Crippen LogP contribution in [-0.4, -0.2) is 21.5 Å². The van der Waals surface area contributed by atoms with Crippen molar-refractivity contribution in [1.82, 2.24) is 9.78 Å². The summed E-state index contributed by atoms with van der Waals surface area (Å²) in [5, 5.41) is 12.9. The number of aliphatic hydroxyl groups is 1. The molecule has 1 atom stereocenters. The Hall–Kier alpha value is -0.830. The van der Waals surface area contributed by atoms with Gasteiger partial charge in [-0.1, -0.05) is 6.92 Å². The molecule has 0 saturated carbocycles. The zero-order valence-electron chi connectivity index (χ0n) is 8.40. The highest BCUT2D eigenvalue weighted by Gasteiger charge is 2.02. The van der Waals surface area contributed by atoms with E-state index in [1.165, 1.54) is 5.69 Å². The Morgan fingerprint density at radius 2 is 2.38 bits per heavy atom. The van der Waals surface area contributed by atoms with E-state index in [-0.39, 0.29) is 0 Å². The molecule has 1 heterocycles. The third-order valence-corrected chi connectivity index (χ3v) is 2.36. The van der Waals surface area contributed by atoms with Crippen molar-refractivity contribution in [3.8, 4) is 0 Å². The van der Waals surface area contributed by atoms with E-state index < -0.39 is 0 Å². The lowest BCUT2D eigenvalue weighted by atomic mass is 10.0. The Bertz CT molecular complexity index is 245. The number of rotatable bonds is 5. The van der Waals surface area contributed by atoms with E-state index in [1.807, 2.05) is 24.0 Å². The van der Waals surface area contributed by atoms with Gasteiger partial charge in [0, 0.05) is 25.5 Å². The Morgan fingerprint density at radius 1 is 1.62 bits per heavy atom. The minimum absolute atomic E-state index is 0.297. The maximum atomic E-state index is 8.83. The molecular weight excluding hydrogens is 164 g/mol. The molecule has 0 spiro atoms. The first kappa shape index (κ1) is 10.3. The van der Waals surface area contributed by atoms with Crippen LogP contribution in [0.25, 0.3) is 0 Å². The van der Waals surface area contributed by atoms with E-state index in [0.717, 1.165) is 19.3 Å². The Morgan fingerprint density at radius 3 is 2.92 bits per heavy atom. The van der Waals surface area contributed by atoms with Gasteiger partial charge in [-0.25, -0.2) is 0 Å². The number of aliphatic hydroxyl groups excluding tert-OH is 1. The molecule has 1 unspecified atom stereocenters. The van der Waals surface area contributed by atoms with Crippen LogP contribution in [0.2, 0.25) is 0 Å². The smallest absolute Gasteiger partial charge is 0.0492 e. The van der Waals surface area contributed by atoms with E-state index in [1.54, 1.807) is 0 Å². The lowest BCUT2D eigenvalue weighted by Gasteiger charge is -2.06. The summed E-state index contributed by atoms with van der Waals surface area (Å²) >= 11 is 0. The number of nitrogens with zero attached hydrogens (tertiary/aromatic N) is 2. The molecule has 0 aliphatic heterocycles. The third-order valence-electron chi connectivity index (χ3n) is 2.36. The maximum absolute atomic E-state index is 8.83. The average molecular weight is 182 g/mol. The molecule has 1 aromatic heterocycles. The third kappa shape index (κ3) is 3.19. The average Bonchev–Trinajstić information content (AvgIpc) is 2.52. The van der Waals surface area contributed by atoms with Gasteiger partial charge < -0.3 is 5.11 Å². The molecular formula is C10H18N2O. The lowest BCUT2D eigenvalue weighted by Crippen LogP contribution is -2.03. The van der Waals surface area contributed by atoms with Crippen LogP contribution >= 0.6 is 0 Å². The first-order chi connectivity index (χ1) is 6.24. The monoisotopic (exact) mass is 182 g/mol. The van der Waals surface area contributed by atoms with Gasteiger partial charge in [-0.15, -0.1) is 0 Å². The summed E-state index contributed by atoms with van der Waals surface area (Å²) in [6, 6.07) is 2.05. The van der Waals surface area contributed by atoms with Gasteiger partial charge in [0.1, 0.15) is 0 Å². The summed E-state index contributed by atoms with van der Waals surface area (Å²) in [5.74, 6) is 0.424. The van der Waals surface area contributed by atoms with Crippen molar-refractivity contribution >= 4 is 0 Å². The summed E-state index contributed by atoms with van der Waals surface area (Å²) in [7, 11) is 1.96. The second kappa shape index (κ2) is 5.02. The highest BCUT2D eigenvalue weighted by Crippen LogP contribution is 2.08. The predicted octanol–water partition coefficient (Wildman–Crippen LogP) is 1.37. The molecule has 0 bridgehead atoms. The normalized spacial score (nSPS) is 13.2. The van der Waals surface area contributed by atoms with Crippen LogP contribution in [0.4, 0.5) is 0 Å². The van der Waals surface area contributed by atoms with Gasteiger partial charge >= 0.3 is 0 Å². The van der Waals surface area contributed by atoms with E-state index >= 15 is 0 Å². The van der Waals surface area contributed by atoms with Gasteiger partial charge in [0.25, 0.3) is 0 Å². The van der Waals surface area contributed by atoms with Gasteiger partial charge in [0.2, 0.25) is 0 Å². The Kier molecular flexibility index (Phi) is 3.96. The molecule has 3 nitrogen and oxygen atoms in total. The highest BCUT2D eigenvalue weighted by molar-refractivity contribution is 4.99. The second-order valence-corrected chi connectivity index (χ2v) is 3.63. The standard InChI is InChI=1S/C10H18N2O/c1-9(8-13)4-3-5-10-6-7-11-12(10)2/h6-7,9,13H,3-5,8H2,1-2H3. The molecule has 0 aliphatic carbocycles. The molecule has 13 heavy (non-hydrogen) atoms. The van der Waals surface area contributed by atoms with Crippen molar-refractivity contribution in [3.63, 3.8) is 0 Å². The topological polar surface area (TPSA) is 38.1 Å². The SMILES string of the molecule is CC(CO)CCCc1ccnn1C. The summed E-state index contributed by atoms with van der Waals surface area (Å²) in [4.78, 5) is 0. The molecule has 74 valence electrons. The molecule has 0 aliphatic rings. The fraction of sp³-hybridized carbons (Fsp3) is 0.700. The van der Waals surface area contributed by atoms with E-state index in [9.17, 15) is 0 Å². The van der Waals surface area contributed by atoms with E-state index in [4.69, 9.17) is 5.11 Å². The minimum Gasteiger partial charge on any atom is -0.396 e. The predicted molar refractivity (Wildman–Crippen MR) is 52.4 cm³/mol. The zero-order valence-corrected chi connectivity index (χ0v) is 8.40. The van der Waals surface area contributed by atoms with Crippen molar-refractivity contribution < 1.29 is 5.11 Å². The summed E-state index contributed by atoms with van der Waals surface area (Å²) < 4.78 is 1.91. The van der Waals surface area contributed by atoms with Crippen LogP contribution in [0, 0.1) is 5.92 Å². The molecule has 1 N–H and O–H groups in total. The number of hydrogen-bond acceptors (Lipinski definition) is 2. The first-order valence-corrected chi connectivity index (χ1v) is 4.81. The first-order valence-electron chi connectivity index (χ1n) is 4.81. The number of hydrogen-bond donors (Lipinski definition) is 1. The number of aryl methyl sites for hydroxylation is 2. The van der Waals surface area contributed by atoms with Gasteiger partial charge in [0.15, 0.2) is 0 Å². The molecule has 0 aromatic carbocycles. The van der Waals surface area contributed by atoms with Crippen LogP contribution in [-0.2, 0) is 13.5 Å². The van der Waals surface area contributed by atoms with Crippen molar-refractivity contribution in [1.29, 1.82) is 0 Å². The van der Waals surface area contributed by atoms with Crippen LogP contribution in [0.15, 0.2) is 12.3 Å². The van der Waals surface area contributed by atoms with E-state index in [2.05, 4.69) is 12.0 Å². The van der Waals surface area contributed by atoms with Crippen LogP contribution in [0.3, 0.4) is 0 Å². The molecule has 3 heteroatoms. The summed E-state index contributed by atoms with van der Waals surface area (Å²) in [5.41, 5.74) is 1.27. The van der Waals surface area contributed by atoms with Gasteiger partial charge in [0.05, 0.1) is 0 Å². The van der Waals surface area contributed by atoms with Crippen molar-refractivity contribution in [2.24, 2.45) is 13.0 Å². The van der Waals surface area contributed by atoms with Crippen molar-refractivity contribution in [2.75, 3.05) is 6.61 Å². The van der Waals surface area contributed by atoms with Gasteiger partial charge in [-0.2, -0.15) is 5.10 Å². The van der Waals surface area contributed by atoms with Gasteiger partial charge in [-0.05, 0) is 31.2 Å². The minimum atomic E-state index is 0.297. The van der Waals surface area contributed by atoms with E-state index in [0.29, 0.717) is 12.5 Å². The van der Waals surface area contributed by atoms with Crippen molar-refractivity contribution in [3.05, 3.63) is 18.0 Å². The lowest BCUT2D eigenvalue weighted by molar-refractivity contribution is 0.228. The zero-order chi connectivity index (χ0) is 9.68. The molecule has 0 amide bonds. The summed E-state index contributed by atoms with van der Waals surface area (Å²) in [6.07, 6.45) is 5.09.